The van der Waals surface area contributed by atoms with Crippen molar-refractivity contribution >= 4 is 33.3 Å². The maximum atomic E-state index is 12.5. The van der Waals surface area contributed by atoms with Gasteiger partial charge >= 0.3 is 5.97 Å². The number of sulfone groups is 1. The molecule has 8 heteroatoms. The van der Waals surface area contributed by atoms with E-state index in [-0.39, 0.29) is 12.3 Å². The minimum absolute atomic E-state index is 0.00899. The molecule has 2 atom stereocenters. The number of allylic oxidation sites excluding steroid dienone is 2. The van der Waals surface area contributed by atoms with Crippen LogP contribution in [0.4, 0.5) is 0 Å². The summed E-state index contributed by atoms with van der Waals surface area (Å²) in [7, 11) is -3.83. The van der Waals surface area contributed by atoms with Gasteiger partial charge in [-0.2, -0.15) is 0 Å². The van der Waals surface area contributed by atoms with E-state index in [1.165, 1.54) is 6.08 Å². The van der Waals surface area contributed by atoms with Crippen molar-refractivity contribution in [2.24, 2.45) is 0 Å². The standard InChI is InChI=1S/C18H20ClNO5S/c1-4-10-26(23,24)17-14(19)16(21)20(17)15(12(2)3)18(22)25-11-13-8-6-5-7-9-13/h4-10,14,17H,11H2,1-3H3/b10-4+/t14-,17+/m0/s1. The molecule has 0 N–H and O–H groups in total. The number of halogens is 1. The molecular weight excluding hydrogens is 378 g/mol. The van der Waals surface area contributed by atoms with E-state index in [9.17, 15) is 18.0 Å². The zero-order valence-corrected chi connectivity index (χ0v) is 16.3. The molecule has 26 heavy (non-hydrogen) atoms. The van der Waals surface area contributed by atoms with Gasteiger partial charge in [0.15, 0.2) is 15.2 Å². The van der Waals surface area contributed by atoms with Crippen molar-refractivity contribution in [3.05, 3.63) is 58.6 Å². The molecule has 2 rings (SSSR count). The van der Waals surface area contributed by atoms with Crippen LogP contribution >= 0.6 is 11.6 Å². The van der Waals surface area contributed by atoms with Crippen molar-refractivity contribution in [1.82, 2.24) is 4.90 Å². The molecule has 0 spiro atoms. The average molecular weight is 398 g/mol. The van der Waals surface area contributed by atoms with Crippen LogP contribution in [0, 0.1) is 0 Å². The van der Waals surface area contributed by atoms with Gasteiger partial charge in [0.05, 0.1) is 0 Å². The highest BCUT2D eigenvalue weighted by molar-refractivity contribution is 7.95. The summed E-state index contributed by atoms with van der Waals surface area (Å²) in [5, 5.41) is -1.60. The Hall–Kier alpha value is -2.12. The Morgan fingerprint density at radius 1 is 1.27 bits per heavy atom. The van der Waals surface area contributed by atoms with E-state index in [2.05, 4.69) is 0 Å². The highest BCUT2D eigenvalue weighted by Crippen LogP contribution is 2.35. The summed E-state index contributed by atoms with van der Waals surface area (Å²) in [5.41, 5.74) is 1.14. The highest BCUT2D eigenvalue weighted by Gasteiger charge is 2.55. The lowest BCUT2D eigenvalue weighted by Gasteiger charge is -2.43. The van der Waals surface area contributed by atoms with Crippen molar-refractivity contribution in [1.29, 1.82) is 0 Å². The predicted octanol–water partition coefficient (Wildman–Crippen LogP) is 2.75. The molecule has 1 aromatic rings. The Labute approximate surface area is 158 Å². The number of likely N-dealkylation sites (tertiary alicyclic amines) is 1. The van der Waals surface area contributed by atoms with Crippen molar-refractivity contribution in [3.63, 3.8) is 0 Å². The molecule has 1 aromatic carbocycles. The van der Waals surface area contributed by atoms with E-state index in [1.807, 2.05) is 18.2 Å². The predicted molar refractivity (Wildman–Crippen MR) is 98.6 cm³/mol. The van der Waals surface area contributed by atoms with Crippen LogP contribution in [0.2, 0.25) is 0 Å². The molecule has 0 radical (unpaired) electrons. The molecule has 6 nitrogen and oxygen atoms in total. The summed E-state index contributed by atoms with van der Waals surface area (Å²) >= 11 is 5.93. The number of alkyl halides is 1. The molecule has 0 unspecified atom stereocenters. The maximum Gasteiger partial charge on any atom is 0.355 e. The first-order chi connectivity index (χ1) is 12.2. The highest BCUT2D eigenvalue weighted by atomic mass is 35.5. The van der Waals surface area contributed by atoms with Gasteiger partial charge in [-0.15, -0.1) is 11.6 Å². The first-order valence-corrected chi connectivity index (χ1v) is 9.97. The quantitative estimate of drug-likeness (QED) is 0.319. The monoisotopic (exact) mass is 397 g/mol. The molecule has 1 amide bonds. The average Bonchev–Trinajstić information content (AvgIpc) is 2.59. The zero-order valence-electron chi connectivity index (χ0n) is 14.7. The third kappa shape index (κ3) is 3.99. The maximum absolute atomic E-state index is 12.5. The van der Waals surface area contributed by atoms with Crippen LogP contribution < -0.4 is 0 Å². The summed E-state index contributed by atoms with van der Waals surface area (Å²) in [4.78, 5) is 25.7. The second kappa shape index (κ2) is 8.05. The van der Waals surface area contributed by atoms with Gasteiger partial charge in [-0.05, 0) is 31.9 Å². The van der Waals surface area contributed by atoms with Crippen LogP contribution in [0.25, 0.3) is 0 Å². The lowest BCUT2D eigenvalue weighted by molar-refractivity contribution is -0.149. The SMILES string of the molecule is C/C=C/S(=O)(=O)[C@@H]1[C@@H](Cl)C(=O)N1C(C(=O)OCc1ccccc1)=C(C)C. The Morgan fingerprint density at radius 2 is 1.88 bits per heavy atom. The Bertz CT molecular complexity index is 857. The second-order valence-corrected chi connectivity index (χ2v) is 8.37. The number of hydrogen-bond donors (Lipinski definition) is 0. The number of nitrogens with zero attached hydrogens (tertiary/aromatic N) is 1. The topological polar surface area (TPSA) is 80.8 Å². The van der Waals surface area contributed by atoms with Crippen LogP contribution in [0.5, 0.6) is 0 Å². The number of benzene rings is 1. The first kappa shape index (κ1) is 20.2. The van der Waals surface area contributed by atoms with Gasteiger partial charge < -0.3 is 4.74 Å². The van der Waals surface area contributed by atoms with Crippen LogP contribution in [0.15, 0.2) is 53.1 Å². The van der Waals surface area contributed by atoms with Gasteiger partial charge in [0, 0.05) is 5.41 Å². The number of hydrogen-bond acceptors (Lipinski definition) is 5. The smallest absolute Gasteiger partial charge is 0.355 e. The molecule has 1 aliphatic heterocycles. The normalized spacial score (nSPS) is 20.0. The van der Waals surface area contributed by atoms with Crippen molar-refractivity contribution in [2.75, 3.05) is 0 Å². The van der Waals surface area contributed by atoms with Gasteiger partial charge in [0.1, 0.15) is 17.7 Å². The second-order valence-electron chi connectivity index (χ2n) is 5.97. The number of rotatable bonds is 6. The van der Waals surface area contributed by atoms with E-state index < -0.39 is 32.5 Å². The molecule has 1 aliphatic rings. The Kier molecular flexibility index (Phi) is 6.26. The van der Waals surface area contributed by atoms with E-state index >= 15 is 0 Å². The largest absolute Gasteiger partial charge is 0.456 e. The van der Waals surface area contributed by atoms with Gasteiger partial charge in [0.2, 0.25) is 5.91 Å². The van der Waals surface area contributed by atoms with E-state index in [0.717, 1.165) is 15.9 Å². The molecule has 0 aliphatic carbocycles. The molecule has 140 valence electrons. The molecule has 1 fully saturated rings. The number of amides is 1. The number of esters is 1. The third-order valence-electron chi connectivity index (χ3n) is 3.76. The fourth-order valence-corrected chi connectivity index (χ4v) is 4.73. The summed E-state index contributed by atoms with van der Waals surface area (Å²) < 4.78 is 30.0. The lowest BCUT2D eigenvalue weighted by atomic mass is 10.1. The van der Waals surface area contributed by atoms with Crippen LogP contribution in [-0.2, 0) is 30.8 Å². The molecule has 0 saturated carbocycles. The third-order valence-corrected chi connectivity index (χ3v) is 6.14. The summed E-state index contributed by atoms with van der Waals surface area (Å²) in [6, 6.07) is 9.03. The Balaban J connectivity index is 2.27. The molecule has 1 heterocycles. The van der Waals surface area contributed by atoms with Crippen LogP contribution in [0.1, 0.15) is 26.3 Å². The van der Waals surface area contributed by atoms with Gasteiger partial charge in [-0.3, -0.25) is 9.69 Å². The number of β-lactam (4-membered cyclic amide) rings is 1. The first-order valence-electron chi connectivity index (χ1n) is 7.93. The Morgan fingerprint density at radius 3 is 2.42 bits per heavy atom. The van der Waals surface area contributed by atoms with Crippen molar-refractivity contribution in [2.45, 2.75) is 38.1 Å². The van der Waals surface area contributed by atoms with Gasteiger partial charge in [0.25, 0.3) is 0 Å². The molecule has 0 bridgehead atoms. The van der Waals surface area contributed by atoms with Gasteiger partial charge in [-0.25, -0.2) is 13.2 Å². The number of ether oxygens (including phenoxy) is 1. The summed E-state index contributed by atoms with van der Waals surface area (Å²) in [6.45, 7) is 4.76. The fourth-order valence-electron chi connectivity index (χ4n) is 2.58. The number of carbonyl (C=O) groups excluding carboxylic acids is 2. The van der Waals surface area contributed by atoms with Crippen LogP contribution in [0.3, 0.4) is 0 Å². The molecule has 1 saturated heterocycles. The zero-order chi connectivity index (χ0) is 19.5. The lowest BCUT2D eigenvalue weighted by Crippen LogP contribution is -2.65. The van der Waals surface area contributed by atoms with Gasteiger partial charge in [-0.1, -0.05) is 36.4 Å². The summed E-state index contributed by atoms with van der Waals surface area (Å²) in [6.07, 6.45) is 1.34. The minimum Gasteiger partial charge on any atom is -0.456 e. The van der Waals surface area contributed by atoms with E-state index in [4.69, 9.17) is 16.3 Å². The molecular formula is C18H20ClNO5S. The van der Waals surface area contributed by atoms with Crippen molar-refractivity contribution < 1.29 is 22.7 Å². The van der Waals surface area contributed by atoms with Crippen LogP contribution in [-0.4, -0.2) is 35.9 Å². The molecule has 0 aromatic heterocycles. The van der Waals surface area contributed by atoms with E-state index in [0.29, 0.717) is 5.57 Å². The number of carbonyl (C=O) groups is 2. The minimum atomic E-state index is -3.83. The summed E-state index contributed by atoms with van der Waals surface area (Å²) in [5.74, 6) is -1.41. The fraction of sp³-hybridized carbons (Fsp3) is 0.333. The van der Waals surface area contributed by atoms with Crippen molar-refractivity contribution in [3.8, 4) is 0 Å². The van der Waals surface area contributed by atoms with E-state index in [1.54, 1.807) is 32.9 Å².